The van der Waals surface area contributed by atoms with Crippen molar-refractivity contribution in [2.75, 3.05) is 6.61 Å². The van der Waals surface area contributed by atoms with Crippen LogP contribution in [0.3, 0.4) is 0 Å². The van der Waals surface area contributed by atoms with Crippen molar-refractivity contribution in [3.63, 3.8) is 0 Å². The fraction of sp³-hybridized carbons (Fsp3) is 0.625. The maximum absolute atomic E-state index is 13.4. The van der Waals surface area contributed by atoms with Gasteiger partial charge in [0.2, 0.25) is 6.23 Å². The molecule has 1 fully saturated rings. The summed E-state index contributed by atoms with van der Waals surface area (Å²) < 4.78 is 31.5. The van der Waals surface area contributed by atoms with Crippen molar-refractivity contribution < 1.29 is 23.4 Å². The zero-order valence-corrected chi connectivity index (χ0v) is 8.14. The summed E-state index contributed by atoms with van der Waals surface area (Å²) in [4.78, 5) is 12.1. The molecule has 2 unspecified atom stereocenters. The van der Waals surface area contributed by atoms with Crippen LogP contribution in [0.1, 0.15) is 0 Å². The van der Waals surface area contributed by atoms with Crippen molar-refractivity contribution in [1.29, 1.82) is 0 Å². The van der Waals surface area contributed by atoms with Crippen LogP contribution in [-0.4, -0.2) is 47.1 Å². The number of nitrogens with zero attached hydrogens (tertiary/aromatic N) is 1. The first-order valence-corrected chi connectivity index (χ1v) is 4.63. The first-order valence-electron chi connectivity index (χ1n) is 4.63. The van der Waals surface area contributed by atoms with Gasteiger partial charge in [0, 0.05) is 6.20 Å². The predicted molar refractivity (Wildman–Crippen MR) is 48.2 cm³/mol. The van der Waals surface area contributed by atoms with Crippen LogP contribution in [0, 0.1) is 0 Å². The number of rotatable bonds is 1. The zero-order chi connectivity index (χ0) is 11.9. The maximum Gasteiger partial charge on any atom is 0.325 e. The number of carbonyl (C=O) groups excluding carboxylic acids is 1. The molecule has 2 amide bonds. The third-order valence-corrected chi connectivity index (χ3v) is 2.42. The Hall–Kier alpha value is -1.25. The molecule has 0 aromatic heterocycles. The molecule has 0 aliphatic carbocycles. The minimum atomic E-state index is -3.50. The van der Waals surface area contributed by atoms with Gasteiger partial charge in [0.15, 0.2) is 0 Å². The zero-order valence-electron chi connectivity index (χ0n) is 8.14. The Kier molecular flexibility index (Phi) is 2.56. The molecule has 8 heteroatoms. The number of aliphatic hydroxyl groups excluding tert-OH is 1. The molecule has 6 nitrogen and oxygen atoms in total. The standard InChI is InChI=1S/C8H11F2N3O3/c9-8(10)4(14)3-16-6(8)13-2-1-5(11)12-7(13)15/h1-2,4-6,14H,3,11H2,(H,12,15)/t4?,5?,6-/m1/s1. The summed E-state index contributed by atoms with van der Waals surface area (Å²) in [5.74, 6) is -3.50. The molecule has 0 radical (unpaired) electrons. The summed E-state index contributed by atoms with van der Waals surface area (Å²) in [6.07, 6.45) is -1.95. The largest absolute Gasteiger partial charge is 0.384 e. The van der Waals surface area contributed by atoms with E-state index in [1.54, 1.807) is 0 Å². The molecular weight excluding hydrogens is 224 g/mol. The second kappa shape index (κ2) is 3.65. The van der Waals surface area contributed by atoms with E-state index in [1.807, 2.05) is 0 Å². The molecule has 2 rings (SSSR count). The number of nitrogens with one attached hydrogen (secondary N) is 1. The van der Waals surface area contributed by atoms with Gasteiger partial charge in [-0.3, -0.25) is 4.90 Å². The van der Waals surface area contributed by atoms with Gasteiger partial charge in [-0.25, -0.2) is 4.79 Å². The van der Waals surface area contributed by atoms with E-state index in [0.29, 0.717) is 4.90 Å². The first kappa shape index (κ1) is 11.2. The molecule has 0 spiro atoms. The Morgan fingerprint density at radius 2 is 2.38 bits per heavy atom. The van der Waals surface area contributed by atoms with Crippen LogP contribution in [0.5, 0.6) is 0 Å². The summed E-state index contributed by atoms with van der Waals surface area (Å²) in [6, 6.07) is -0.784. The quantitative estimate of drug-likeness (QED) is 0.553. The monoisotopic (exact) mass is 235 g/mol. The van der Waals surface area contributed by atoms with Crippen LogP contribution in [-0.2, 0) is 4.74 Å². The van der Waals surface area contributed by atoms with E-state index in [-0.39, 0.29) is 0 Å². The second-order valence-corrected chi connectivity index (χ2v) is 3.60. The lowest BCUT2D eigenvalue weighted by Gasteiger charge is -2.32. The molecule has 2 aliphatic heterocycles. The molecule has 0 aromatic carbocycles. The van der Waals surface area contributed by atoms with Gasteiger partial charge < -0.3 is 20.9 Å². The van der Waals surface area contributed by atoms with Crippen LogP contribution >= 0.6 is 0 Å². The minimum Gasteiger partial charge on any atom is -0.384 e. The number of aliphatic hydroxyl groups is 1. The summed E-state index contributed by atoms with van der Waals surface area (Å²) in [5.41, 5.74) is 5.36. The van der Waals surface area contributed by atoms with Crippen molar-refractivity contribution >= 4 is 6.03 Å². The lowest BCUT2D eigenvalue weighted by Crippen LogP contribution is -2.57. The van der Waals surface area contributed by atoms with Gasteiger partial charge in [-0.1, -0.05) is 0 Å². The Morgan fingerprint density at radius 1 is 1.69 bits per heavy atom. The van der Waals surface area contributed by atoms with E-state index >= 15 is 0 Å². The first-order chi connectivity index (χ1) is 7.43. The van der Waals surface area contributed by atoms with Gasteiger partial charge >= 0.3 is 12.0 Å². The van der Waals surface area contributed by atoms with Crippen molar-refractivity contribution in [3.05, 3.63) is 12.3 Å². The molecule has 1 saturated heterocycles. The van der Waals surface area contributed by atoms with Gasteiger partial charge in [0.1, 0.15) is 6.10 Å². The van der Waals surface area contributed by atoms with E-state index in [9.17, 15) is 13.6 Å². The predicted octanol–water partition coefficient (Wildman–Crippen LogP) is -0.837. The van der Waals surface area contributed by atoms with Crippen LogP contribution in [0.4, 0.5) is 13.6 Å². The molecule has 0 saturated carbocycles. The molecule has 3 atom stereocenters. The Morgan fingerprint density at radius 3 is 2.88 bits per heavy atom. The third-order valence-electron chi connectivity index (χ3n) is 2.42. The minimum absolute atomic E-state index is 0.513. The lowest BCUT2D eigenvalue weighted by atomic mass is 10.2. The molecule has 0 aromatic rings. The maximum atomic E-state index is 13.4. The van der Waals surface area contributed by atoms with E-state index < -0.39 is 37.1 Å². The van der Waals surface area contributed by atoms with E-state index in [4.69, 9.17) is 15.6 Å². The molecule has 2 heterocycles. The number of hydrogen-bond acceptors (Lipinski definition) is 4. The van der Waals surface area contributed by atoms with Crippen molar-refractivity contribution in [3.8, 4) is 0 Å². The smallest absolute Gasteiger partial charge is 0.325 e. The molecule has 4 N–H and O–H groups in total. The molecule has 0 bridgehead atoms. The fourth-order valence-electron chi connectivity index (χ4n) is 1.54. The third kappa shape index (κ3) is 1.64. The lowest BCUT2D eigenvalue weighted by molar-refractivity contribution is -0.144. The number of amides is 2. The Bertz CT molecular complexity index is 336. The highest BCUT2D eigenvalue weighted by atomic mass is 19.3. The average Bonchev–Trinajstić information content (AvgIpc) is 2.44. The number of halogens is 2. The molecule has 90 valence electrons. The SMILES string of the molecule is NC1C=CN([C@@H]2OCC(O)C2(F)F)C(=O)N1. The normalized spacial score (nSPS) is 37.6. The average molecular weight is 235 g/mol. The summed E-state index contributed by atoms with van der Waals surface area (Å²) in [5, 5.41) is 11.3. The highest BCUT2D eigenvalue weighted by Crippen LogP contribution is 2.34. The summed E-state index contributed by atoms with van der Waals surface area (Å²) in [6.45, 7) is -0.513. The number of urea groups is 1. The van der Waals surface area contributed by atoms with Gasteiger partial charge in [-0.2, -0.15) is 8.78 Å². The van der Waals surface area contributed by atoms with E-state index in [1.165, 1.54) is 6.08 Å². The van der Waals surface area contributed by atoms with Gasteiger partial charge in [-0.05, 0) is 6.08 Å². The summed E-state index contributed by atoms with van der Waals surface area (Å²) >= 11 is 0. The summed E-state index contributed by atoms with van der Waals surface area (Å²) in [7, 11) is 0. The van der Waals surface area contributed by atoms with Crippen molar-refractivity contribution in [2.45, 2.75) is 24.4 Å². The number of carbonyl (C=O) groups is 1. The highest BCUT2D eigenvalue weighted by molar-refractivity contribution is 5.77. The van der Waals surface area contributed by atoms with Gasteiger partial charge in [-0.15, -0.1) is 0 Å². The Labute approximate surface area is 89.6 Å². The van der Waals surface area contributed by atoms with E-state index in [0.717, 1.165) is 6.20 Å². The highest BCUT2D eigenvalue weighted by Gasteiger charge is 2.56. The van der Waals surface area contributed by atoms with Gasteiger partial charge in [0.05, 0.1) is 12.8 Å². The topological polar surface area (TPSA) is 87.8 Å². The van der Waals surface area contributed by atoms with Crippen LogP contribution in [0.25, 0.3) is 0 Å². The number of ether oxygens (including phenoxy) is 1. The van der Waals surface area contributed by atoms with Crippen LogP contribution in [0.2, 0.25) is 0 Å². The van der Waals surface area contributed by atoms with Crippen LogP contribution < -0.4 is 11.1 Å². The van der Waals surface area contributed by atoms with E-state index in [2.05, 4.69) is 5.32 Å². The number of hydrogen-bond donors (Lipinski definition) is 3. The number of alkyl halides is 2. The molecular formula is C8H11F2N3O3. The second-order valence-electron chi connectivity index (χ2n) is 3.60. The number of nitrogens with two attached hydrogens (primary N) is 1. The molecule has 16 heavy (non-hydrogen) atoms. The molecule has 2 aliphatic rings. The van der Waals surface area contributed by atoms with Crippen LogP contribution in [0.15, 0.2) is 12.3 Å². The van der Waals surface area contributed by atoms with Crippen molar-refractivity contribution in [1.82, 2.24) is 10.2 Å². The Balaban J connectivity index is 2.20. The van der Waals surface area contributed by atoms with Gasteiger partial charge in [0.25, 0.3) is 0 Å². The fourth-order valence-corrected chi connectivity index (χ4v) is 1.54. The van der Waals surface area contributed by atoms with Crippen molar-refractivity contribution in [2.24, 2.45) is 5.73 Å².